The van der Waals surface area contributed by atoms with Crippen molar-refractivity contribution in [2.45, 2.75) is 0 Å². The molecule has 0 unspecified atom stereocenters. The zero-order valence-corrected chi connectivity index (χ0v) is 44.9. The average Bonchev–Trinajstić information content (AvgIpc) is 3.18. The molecule has 16 aromatic carbocycles. The summed E-state index contributed by atoms with van der Waals surface area (Å²) >= 11 is 0. The molecule has 0 radical (unpaired) electrons. The number of hydrogen-bond acceptors (Lipinski definition) is 2. The van der Waals surface area contributed by atoms with Gasteiger partial charge in [0.05, 0.1) is 22.7 Å². The Morgan fingerprint density at radius 1 is 0.171 bits per heavy atom. The first-order valence-corrected chi connectivity index (χ1v) is 28.3. The van der Waals surface area contributed by atoms with Gasteiger partial charge in [0.1, 0.15) is 0 Å². The predicted octanol–water partition coefficient (Wildman–Crippen LogP) is 22.8. The standard InChI is InChI=1S/C80H52N2/c1-3-21-53(22-4-1)59-33-15-35-61(49-59)81(75-43-19-31-57-27-9-13-39-65(57)75)77-51-73(67-41-17-29-55-25-7-11-37-63(55)67)69-46-48-72-78(52-74(70-45-47-71(77)79(69)80(70)72)68-42-18-30-56-26-8-12-38-64(56)68)82(76-44-20-32-58-28-10-14-40-66(58)76)62-36-16-34-60(50-62)54-23-5-2-6-24-54/h1-52H. The highest BCUT2D eigenvalue weighted by Crippen LogP contribution is 2.54. The van der Waals surface area contributed by atoms with Crippen LogP contribution in [-0.2, 0) is 0 Å². The van der Waals surface area contributed by atoms with Crippen LogP contribution in [0.5, 0.6) is 0 Å². The van der Waals surface area contributed by atoms with E-state index in [-0.39, 0.29) is 0 Å². The largest absolute Gasteiger partial charge is 0.309 e. The van der Waals surface area contributed by atoms with E-state index in [1.807, 2.05) is 0 Å². The van der Waals surface area contributed by atoms with Crippen LogP contribution in [0.15, 0.2) is 315 Å². The fourth-order valence-corrected chi connectivity index (χ4v) is 13.2. The van der Waals surface area contributed by atoms with Gasteiger partial charge < -0.3 is 9.80 Å². The molecule has 2 nitrogen and oxygen atoms in total. The van der Waals surface area contributed by atoms with Crippen LogP contribution in [0.25, 0.3) is 120 Å². The summed E-state index contributed by atoms with van der Waals surface area (Å²) in [5.41, 5.74) is 16.0. The van der Waals surface area contributed by atoms with Crippen LogP contribution in [0, 0.1) is 0 Å². The molecular weight excluding hydrogens is 989 g/mol. The Morgan fingerprint density at radius 2 is 0.488 bits per heavy atom. The number of hydrogen-bond donors (Lipinski definition) is 0. The van der Waals surface area contributed by atoms with E-state index in [1.54, 1.807) is 0 Å². The Kier molecular flexibility index (Phi) is 11.2. The first-order chi connectivity index (χ1) is 40.7. The van der Waals surface area contributed by atoms with Gasteiger partial charge in [0.2, 0.25) is 0 Å². The SMILES string of the molecule is c1ccc(-c2cccc(N(c3cccc4ccccc34)c3cc(-c4cccc5ccccc45)c4ccc5c(N(c6cccc(-c7ccccc7)c6)c6cccc7ccccc67)cc(-c6cccc7ccccc67)c6ccc3c4c65)c2)cc1. The highest BCUT2D eigenvalue weighted by atomic mass is 15.2. The molecule has 0 N–H and O–H groups in total. The number of rotatable bonds is 10. The molecule has 0 fully saturated rings. The topological polar surface area (TPSA) is 6.48 Å². The van der Waals surface area contributed by atoms with Crippen LogP contribution in [0.1, 0.15) is 0 Å². The van der Waals surface area contributed by atoms with Gasteiger partial charge in [0.25, 0.3) is 0 Å². The van der Waals surface area contributed by atoms with E-state index in [2.05, 4.69) is 325 Å². The van der Waals surface area contributed by atoms with Crippen LogP contribution in [0.2, 0.25) is 0 Å². The van der Waals surface area contributed by atoms with Crippen LogP contribution in [0.3, 0.4) is 0 Å². The fourth-order valence-electron chi connectivity index (χ4n) is 13.2. The molecule has 16 aromatic rings. The van der Waals surface area contributed by atoms with Gasteiger partial charge in [-0.1, -0.05) is 267 Å². The lowest BCUT2D eigenvalue weighted by Crippen LogP contribution is -2.13. The monoisotopic (exact) mass is 1040 g/mol. The molecule has 0 amide bonds. The minimum atomic E-state index is 1.08. The third-order valence-corrected chi connectivity index (χ3v) is 16.9. The molecule has 82 heavy (non-hydrogen) atoms. The van der Waals surface area contributed by atoms with Gasteiger partial charge in [-0.3, -0.25) is 0 Å². The summed E-state index contributed by atoms with van der Waals surface area (Å²) in [6, 6.07) is 117. The number of nitrogens with zero attached hydrogens (tertiary/aromatic N) is 2. The maximum atomic E-state index is 2.54. The minimum Gasteiger partial charge on any atom is -0.309 e. The Bertz CT molecular complexity index is 4780. The van der Waals surface area contributed by atoms with E-state index in [0.717, 1.165) is 45.3 Å². The van der Waals surface area contributed by atoms with Gasteiger partial charge in [-0.2, -0.15) is 0 Å². The minimum absolute atomic E-state index is 1.08. The molecule has 0 saturated heterocycles. The molecule has 0 heterocycles. The molecule has 382 valence electrons. The van der Waals surface area contributed by atoms with E-state index in [9.17, 15) is 0 Å². The summed E-state index contributed by atoms with van der Waals surface area (Å²) in [5, 5.41) is 16.7. The summed E-state index contributed by atoms with van der Waals surface area (Å²) < 4.78 is 0. The van der Waals surface area contributed by atoms with Crippen molar-refractivity contribution in [2.75, 3.05) is 9.80 Å². The summed E-state index contributed by atoms with van der Waals surface area (Å²) in [7, 11) is 0. The van der Waals surface area contributed by atoms with Gasteiger partial charge in [0.15, 0.2) is 0 Å². The molecular formula is C80H52N2. The van der Waals surface area contributed by atoms with Crippen molar-refractivity contribution in [3.63, 3.8) is 0 Å². The summed E-state index contributed by atoms with van der Waals surface area (Å²) in [6.07, 6.45) is 0. The van der Waals surface area contributed by atoms with Crippen molar-refractivity contribution in [3.05, 3.63) is 315 Å². The Labute approximate surface area is 476 Å². The van der Waals surface area contributed by atoms with E-state index in [0.29, 0.717) is 0 Å². The van der Waals surface area contributed by atoms with Crippen molar-refractivity contribution in [1.29, 1.82) is 0 Å². The summed E-state index contributed by atoms with van der Waals surface area (Å²) in [6.45, 7) is 0. The Balaban J connectivity index is 1.09. The quantitative estimate of drug-likeness (QED) is 0.126. The highest BCUT2D eigenvalue weighted by Gasteiger charge is 2.28. The average molecular weight is 1040 g/mol. The molecule has 0 saturated carbocycles. The van der Waals surface area contributed by atoms with Crippen LogP contribution >= 0.6 is 0 Å². The number of anilines is 6. The van der Waals surface area contributed by atoms with Crippen LogP contribution in [0.4, 0.5) is 34.1 Å². The molecule has 16 rings (SSSR count). The van der Waals surface area contributed by atoms with E-state index < -0.39 is 0 Å². The second kappa shape index (κ2) is 19.5. The lowest BCUT2D eigenvalue weighted by molar-refractivity contribution is 1.31. The molecule has 2 heteroatoms. The third-order valence-electron chi connectivity index (χ3n) is 16.9. The highest BCUT2D eigenvalue weighted by molar-refractivity contribution is 6.33. The van der Waals surface area contributed by atoms with Crippen molar-refractivity contribution in [3.8, 4) is 44.5 Å². The van der Waals surface area contributed by atoms with Crippen molar-refractivity contribution in [2.24, 2.45) is 0 Å². The second-order valence-electron chi connectivity index (χ2n) is 21.5. The number of fused-ring (bicyclic) bond motifs is 4. The van der Waals surface area contributed by atoms with Gasteiger partial charge in [0, 0.05) is 43.7 Å². The van der Waals surface area contributed by atoms with Crippen LogP contribution in [-0.4, -0.2) is 0 Å². The summed E-state index contributed by atoms with van der Waals surface area (Å²) in [4.78, 5) is 5.08. The van der Waals surface area contributed by atoms with Gasteiger partial charge in [-0.05, 0) is 136 Å². The van der Waals surface area contributed by atoms with E-state index in [1.165, 1.54) is 109 Å². The predicted molar refractivity (Wildman–Crippen MR) is 351 cm³/mol. The zero-order chi connectivity index (χ0) is 54.1. The number of benzene rings is 16. The first-order valence-electron chi connectivity index (χ1n) is 28.3. The molecule has 0 bridgehead atoms. The van der Waals surface area contributed by atoms with E-state index in [4.69, 9.17) is 0 Å². The summed E-state index contributed by atoms with van der Waals surface area (Å²) in [5.74, 6) is 0. The lowest BCUT2D eigenvalue weighted by Gasteiger charge is -2.32. The smallest absolute Gasteiger partial charge is 0.0547 e. The maximum Gasteiger partial charge on any atom is 0.0547 e. The van der Waals surface area contributed by atoms with Crippen molar-refractivity contribution < 1.29 is 0 Å². The molecule has 0 atom stereocenters. The van der Waals surface area contributed by atoms with Crippen LogP contribution < -0.4 is 9.80 Å². The molecule has 0 aromatic heterocycles. The zero-order valence-electron chi connectivity index (χ0n) is 44.9. The van der Waals surface area contributed by atoms with Crippen molar-refractivity contribution in [1.82, 2.24) is 0 Å². The molecule has 0 spiro atoms. The fraction of sp³-hybridized carbons (Fsp3) is 0. The van der Waals surface area contributed by atoms with Gasteiger partial charge >= 0.3 is 0 Å². The molecule has 0 aliphatic heterocycles. The van der Waals surface area contributed by atoms with Gasteiger partial charge in [-0.25, -0.2) is 0 Å². The molecule has 0 aliphatic rings. The second-order valence-corrected chi connectivity index (χ2v) is 21.5. The first kappa shape index (κ1) is 47.2. The lowest BCUT2D eigenvalue weighted by atomic mass is 9.84. The normalized spacial score (nSPS) is 11.7. The molecule has 0 aliphatic carbocycles. The van der Waals surface area contributed by atoms with E-state index >= 15 is 0 Å². The Hall–Kier alpha value is -10.8. The third kappa shape index (κ3) is 7.80. The maximum absolute atomic E-state index is 2.54. The van der Waals surface area contributed by atoms with Gasteiger partial charge in [-0.15, -0.1) is 0 Å². The van der Waals surface area contributed by atoms with Crippen molar-refractivity contribution >= 4 is 110 Å². The Morgan fingerprint density at radius 3 is 0.915 bits per heavy atom.